The van der Waals surface area contributed by atoms with Gasteiger partial charge < -0.3 is 0 Å². The van der Waals surface area contributed by atoms with Crippen LogP contribution in [0.4, 0.5) is 0 Å². The van der Waals surface area contributed by atoms with Crippen molar-refractivity contribution in [2.75, 3.05) is 0 Å². The highest BCUT2D eigenvalue weighted by atomic mass is 14.9. The lowest BCUT2D eigenvalue weighted by Gasteiger charge is -2.15. The number of nitrogens with zero attached hydrogens (tertiary/aromatic N) is 2. The summed E-state index contributed by atoms with van der Waals surface area (Å²) in [5.74, 6) is 0. The highest BCUT2D eigenvalue weighted by Crippen LogP contribution is 2.35. The second kappa shape index (κ2) is 15.9. The Hall–Kier alpha value is -5.34. The van der Waals surface area contributed by atoms with Crippen LogP contribution in [0.1, 0.15) is 70.7 Å². The molecule has 0 spiro atoms. The third-order valence-electron chi connectivity index (χ3n) is 11.7. The van der Waals surface area contributed by atoms with Crippen molar-refractivity contribution in [2.24, 2.45) is 7.05 Å². The molecule has 54 heavy (non-hydrogen) atoms. The Morgan fingerprint density at radius 1 is 0.463 bits per heavy atom. The first-order valence-corrected chi connectivity index (χ1v) is 19.9. The molecule has 2 nitrogen and oxygen atoms in total. The van der Waals surface area contributed by atoms with E-state index in [9.17, 15) is 0 Å². The van der Waals surface area contributed by atoms with Gasteiger partial charge in [-0.3, -0.25) is 0 Å². The van der Waals surface area contributed by atoms with E-state index >= 15 is 0 Å². The van der Waals surface area contributed by atoms with Gasteiger partial charge in [-0.2, -0.15) is 4.57 Å². The van der Waals surface area contributed by atoms with Crippen molar-refractivity contribution in [3.63, 3.8) is 0 Å². The molecule has 0 aliphatic heterocycles. The molecule has 2 aromatic heterocycles. The fourth-order valence-corrected chi connectivity index (χ4v) is 8.48. The van der Waals surface area contributed by atoms with Crippen molar-refractivity contribution < 1.29 is 9.13 Å². The van der Waals surface area contributed by atoms with Crippen LogP contribution < -0.4 is 9.13 Å². The second-order valence-electron chi connectivity index (χ2n) is 15.5. The molecule has 0 fully saturated rings. The monoisotopic (exact) mass is 708 g/mol. The van der Waals surface area contributed by atoms with E-state index in [1.165, 1.54) is 119 Å². The smallest absolute Gasteiger partial charge is 0.200 e. The van der Waals surface area contributed by atoms with Gasteiger partial charge in [0.25, 0.3) is 0 Å². The molecule has 0 saturated carbocycles. The van der Waals surface area contributed by atoms with E-state index in [1.807, 2.05) is 0 Å². The van der Waals surface area contributed by atoms with E-state index in [0.29, 0.717) is 0 Å². The Morgan fingerprint density at radius 3 is 1.67 bits per heavy atom. The number of aromatic nitrogens is 2. The van der Waals surface area contributed by atoms with Crippen LogP contribution in [0.5, 0.6) is 0 Å². The van der Waals surface area contributed by atoms with E-state index in [2.05, 4.69) is 186 Å². The van der Waals surface area contributed by atoms with Gasteiger partial charge in [-0.25, -0.2) is 4.57 Å². The van der Waals surface area contributed by atoms with Crippen LogP contribution in [0.25, 0.3) is 55.5 Å². The average Bonchev–Trinajstić information content (AvgIpc) is 3.17. The Balaban J connectivity index is 1.01. The van der Waals surface area contributed by atoms with Gasteiger partial charge in [0.2, 0.25) is 11.4 Å². The predicted octanol–water partition coefficient (Wildman–Crippen LogP) is 12.4. The number of fused-ring (bicyclic) bond motifs is 1. The van der Waals surface area contributed by atoms with Crippen molar-refractivity contribution in [1.82, 2.24) is 0 Å². The summed E-state index contributed by atoms with van der Waals surface area (Å²) in [5.41, 5.74) is 21.5. The van der Waals surface area contributed by atoms with Crippen LogP contribution in [0.15, 0.2) is 122 Å². The Kier molecular flexibility index (Phi) is 10.9. The van der Waals surface area contributed by atoms with Gasteiger partial charge in [0.1, 0.15) is 13.6 Å². The van der Waals surface area contributed by atoms with Crippen molar-refractivity contribution in [1.29, 1.82) is 0 Å². The maximum Gasteiger partial charge on any atom is 0.220 e. The second-order valence-corrected chi connectivity index (χ2v) is 15.5. The first-order chi connectivity index (χ1) is 26.1. The van der Waals surface area contributed by atoms with Crippen LogP contribution in [-0.2, 0) is 26.4 Å². The van der Waals surface area contributed by atoms with E-state index in [1.54, 1.807) is 0 Å². The molecule has 0 bridgehead atoms. The zero-order valence-corrected chi connectivity index (χ0v) is 33.7. The molecular weight excluding hydrogens is 653 g/mol. The normalized spacial score (nSPS) is 11.4. The zero-order chi connectivity index (χ0) is 37.9. The summed E-state index contributed by atoms with van der Waals surface area (Å²) in [6.07, 6.45) is 10.3. The van der Waals surface area contributed by atoms with Crippen molar-refractivity contribution in [3.05, 3.63) is 166 Å². The number of hydrogen-bond acceptors (Lipinski definition) is 0. The summed E-state index contributed by atoms with van der Waals surface area (Å²) < 4.78 is 4.60. The van der Waals surface area contributed by atoms with Gasteiger partial charge in [0.05, 0.1) is 10.9 Å². The number of aryl methyl sites for hydroxylation is 10. The molecule has 7 rings (SSSR count). The Morgan fingerprint density at radius 2 is 1.04 bits per heavy atom. The van der Waals surface area contributed by atoms with Gasteiger partial charge in [0, 0.05) is 23.8 Å². The maximum absolute atomic E-state index is 2.45. The molecule has 5 aromatic carbocycles. The van der Waals surface area contributed by atoms with E-state index in [0.717, 1.165) is 19.4 Å². The highest BCUT2D eigenvalue weighted by Gasteiger charge is 2.19. The minimum Gasteiger partial charge on any atom is -0.200 e. The number of hydrogen-bond donors (Lipinski definition) is 0. The molecule has 0 N–H and O–H groups in total. The molecule has 0 amide bonds. The summed E-state index contributed by atoms with van der Waals surface area (Å²) in [7, 11) is 2.16. The zero-order valence-electron chi connectivity index (χ0n) is 33.7. The quantitative estimate of drug-likeness (QED) is 0.0933. The van der Waals surface area contributed by atoms with Crippen LogP contribution in [0.2, 0.25) is 0 Å². The van der Waals surface area contributed by atoms with E-state index in [4.69, 9.17) is 0 Å². The van der Waals surface area contributed by atoms with Crippen molar-refractivity contribution in [3.8, 4) is 44.8 Å². The summed E-state index contributed by atoms with van der Waals surface area (Å²) in [6, 6.07) is 41.1. The minimum atomic E-state index is 0.958. The molecule has 0 atom stereocenters. The summed E-state index contributed by atoms with van der Waals surface area (Å²) in [4.78, 5) is 0. The SMILES string of the molecule is CC[n+]1ccccc1-c1cc(-c2cc(C)c(CCCCCc3cc(C)c(-c4ccc(C)c(-c5c6ccccc6cc[n+]5C)c4)cc3C)cc2C)ccc1C. The summed E-state index contributed by atoms with van der Waals surface area (Å²) in [6.45, 7) is 16.8. The van der Waals surface area contributed by atoms with Gasteiger partial charge in [-0.1, -0.05) is 73.2 Å². The summed E-state index contributed by atoms with van der Waals surface area (Å²) in [5, 5.41) is 2.56. The predicted molar refractivity (Wildman–Crippen MR) is 229 cm³/mol. The first-order valence-electron chi connectivity index (χ1n) is 19.9. The van der Waals surface area contributed by atoms with Gasteiger partial charge in [-0.15, -0.1) is 0 Å². The Bertz CT molecular complexity index is 2480. The highest BCUT2D eigenvalue weighted by molar-refractivity contribution is 5.94. The molecule has 2 heterocycles. The average molecular weight is 709 g/mol. The minimum absolute atomic E-state index is 0.958. The third-order valence-corrected chi connectivity index (χ3v) is 11.7. The number of benzene rings is 5. The standard InChI is InChI=1S/C52H56N2/c1-9-54-27-16-15-21-51(54)49-33-44(24-22-35(49)2)47-31-37(4)42(29-39(47)6)18-11-10-12-19-43-30-40(7)48(32-38(43)5)45-25-23-36(3)50(34-45)52-46-20-14-13-17-41(46)26-28-53(52)8/h13-17,20-34H,9-12,18-19H2,1-8H3/q+2. The van der Waals surface area contributed by atoms with Crippen LogP contribution in [0, 0.1) is 41.5 Å². The molecule has 7 aromatic rings. The molecule has 0 saturated heterocycles. The third kappa shape index (κ3) is 7.53. The van der Waals surface area contributed by atoms with Crippen molar-refractivity contribution >= 4 is 10.8 Å². The lowest BCUT2D eigenvalue weighted by molar-refractivity contribution is -0.682. The Labute approximate surface area is 323 Å². The number of rotatable bonds is 11. The van der Waals surface area contributed by atoms with Gasteiger partial charge >= 0.3 is 0 Å². The molecule has 0 aliphatic carbocycles. The fraction of sp³-hybridized carbons (Fsp3) is 0.269. The number of pyridine rings is 2. The summed E-state index contributed by atoms with van der Waals surface area (Å²) >= 11 is 0. The van der Waals surface area contributed by atoms with Crippen molar-refractivity contribution in [2.45, 2.75) is 87.1 Å². The lowest BCUT2D eigenvalue weighted by atomic mass is 9.89. The molecule has 0 unspecified atom stereocenters. The molecule has 272 valence electrons. The maximum atomic E-state index is 2.45. The molecular formula is C52H56N2+2. The fourth-order valence-electron chi connectivity index (χ4n) is 8.48. The van der Waals surface area contributed by atoms with Crippen LogP contribution >= 0.6 is 0 Å². The van der Waals surface area contributed by atoms with E-state index < -0.39 is 0 Å². The van der Waals surface area contributed by atoms with Crippen LogP contribution in [0.3, 0.4) is 0 Å². The molecule has 2 heteroatoms. The van der Waals surface area contributed by atoms with Gasteiger partial charge in [-0.05, 0) is 171 Å². The molecule has 0 aliphatic rings. The van der Waals surface area contributed by atoms with E-state index in [-0.39, 0.29) is 0 Å². The van der Waals surface area contributed by atoms with Crippen LogP contribution in [-0.4, -0.2) is 0 Å². The van der Waals surface area contributed by atoms with Gasteiger partial charge in [0.15, 0.2) is 12.4 Å². The topological polar surface area (TPSA) is 7.76 Å². The lowest BCUT2D eigenvalue weighted by Crippen LogP contribution is -2.34. The largest absolute Gasteiger partial charge is 0.220 e. The number of unbranched alkanes of at least 4 members (excludes halogenated alkanes) is 2. The first kappa shape index (κ1) is 37.0. The molecule has 0 radical (unpaired) electrons.